The number of hydrogen-bond acceptors (Lipinski definition) is 4. The quantitative estimate of drug-likeness (QED) is 0.159. The van der Waals surface area contributed by atoms with Gasteiger partial charge < -0.3 is 13.4 Å². The van der Waals surface area contributed by atoms with E-state index >= 15 is 0 Å². The fourth-order valence-corrected chi connectivity index (χ4v) is 15.3. The van der Waals surface area contributed by atoms with Crippen molar-refractivity contribution in [2.45, 2.75) is 0 Å². The Labute approximate surface area is 484 Å². The molecule has 18 rings (SSSR count). The Balaban J connectivity index is 0.697. The third-order valence-electron chi connectivity index (χ3n) is 17.2. The van der Waals surface area contributed by atoms with Gasteiger partial charge in [0.25, 0.3) is 0 Å². The Hall–Kier alpha value is -10.3. The maximum atomic E-state index is 6.51. The molecule has 0 radical (unpaired) electrons. The number of furan rings is 2. The first-order valence-electron chi connectivity index (χ1n) is 28.2. The van der Waals surface area contributed by atoms with E-state index in [0.717, 1.165) is 66.3 Å². The minimum absolute atomic E-state index is 0.882. The molecule has 0 atom stereocenters. The van der Waals surface area contributed by atoms with E-state index in [0.29, 0.717) is 0 Å². The molecule has 386 valence electrons. The molecule has 0 bridgehead atoms. The molecule has 18 aromatic rings. The number of hydrogen-bond donors (Lipinski definition) is 0. The van der Waals surface area contributed by atoms with Gasteiger partial charge in [0.05, 0.1) is 11.0 Å². The van der Waals surface area contributed by atoms with Crippen molar-refractivity contribution in [3.63, 3.8) is 0 Å². The summed E-state index contributed by atoms with van der Waals surface area (Å²) < 4.78 is 20.4. The molecule has 0 amide bonds. The van der Waals surface area contributed by atoms with Gasteiger partial charge in [-0.25, -0.2) is 0 Å². The van der Waals surface area contributed by atoms with Crippen LogP contribution in [0.2, 0.25) is 0 Å². The van der Waals surface area contributed by atoms with Gasteiger partial charge in [-0.1, -0.05) is 158 Å². The molecule has 0 aliphatic carbocycles. The fraction of sp³-hybridized carbons (Fsp3) is 0. The molecule has 0 spiro atoms. The average molecular weight is 1090 g/mol. The van der Waals surface area contributed by atoms with E-state index < -0.39 is 0 Å². The first kappa shape index (κ1) is 46.5. The topological polar surface area (TPSA) is 31.2 Å². The van der Waals surface area contributed by atoms with E-state index in [2.05, 4.69) is 271 Å². The zero-order valence-electron chi connectivity index (χ0n) is 44.6. The SMILES string of the molecule is c1ccc(-c2cccc(-n3c4ccc(-c5ccc(-c6ccc7oc8ccc(-c9ccc%10sc%11ccc(-c%12cccc%13oc%14ccccc%14c%12%13)cc%11c%10c9)cc8c7c6)cc5)cc4c4cc(-c5ccc6sc7ccccc7c6c5)ccc43)c2)cc1. The minimum Gasteiger partial charge on any atom is -0.456 e. The molecule has 13 aromatic carbocycles. The highest BCUT2D eigenvalue weighted by molar-refractivity contribution is 7.26. The summed E-state index contributed by atoms with van der Waals surface area (Å²) in [6.45, 7) is 0. The molecule has 0 saturated heterocycles. The lowest BCUT2D eigenvalue weighted by molar-refractivity contribution is 0.668. The summed E-state index contributed by atoms with van der Waals surface area (Å²) in [6.07, 6.45) is 0. The van der Waals surface area contributed by atoms with Gasteiger partial charge in [0.2, 0.25) is 0 Å². The number of benzene rings is 13. The Morgan fingerprint density at radius 3 is 1.28 bits per heavy atom. The van der Waals surface area contributed by atoms with Crippen LogP contribution >= 0.6 is 22.7 Å². The number of fused-ring (bicyclic) bond motifs is 15. The summed E-state index contributed by atoms with van der Waals surface area (Å²) in [4.78, 5) is 0. The van der Waals surface area contributed by atoms with E-state index in [-0.39, 0.29) is 0 Å². The normalized spacial score (nSPS) is 12.1. The molecule has 0 aliphatic heterocycles. The van der Waals surface area contributed by atoms with Crippen LogP contribution in [-0.2, 0) is 0 Å². The van der Waals surface area contributed by atoms with Crippen molar-refractivity contribution in [3.8, 4) is 72.4 Å². The molecule has 0 fully saturated rings. The van der Waals surface area contributed by atoms with Crippen LogP contribution in [0.1, 0.15) is 0 Å². The molecule has 5 heteroatoms. The van der Waals surface area contributed by atoms with Crippen LogP contribution in [0.4, 0.5) is 0 Å². The molecule has 3 nitrogen and oxygen atoms in total. The lowest BCUT2D eigenvalue weighted by Gasteiger charge is -2.11. The van der Waals surface area contributed by atoms with Crippen LogP contribution in [0.15, 0.2) is 282 Å². The van der Waals surface area contributed by atoms with Crippen molar-refractivity contribution in [3.05, 3.63) is 273 Å². The standard InChI is InChI=1S/C78H45NO2S2/c1-2-10-46(11-3-1)49-12-8-13-57(38-49)79-68-31-24-50(39-61(68)62-40-52(25-32-69(62)79)54-28-35-75-65(43-54)59-14-5-7-19-74(59)82-75)47-20-22-48(23-21-47)51-26-33-71-63(41-51)64-42-53(27-34-72(64)80-71)55-29-36-76-66(44-55)67-45-56(30-37-77(67)83-76)58-16-9-18-73-78(58)60-15-4-6-17-70(60)81-73/h1-45H. The van der Waals surface area contributed by atoms with Crippen molar-refractivity contribution in [2.24, 2.45) is 0 Å². The van der Waals surface area contributed by atoms with Gasteiger partial charge in [-0.15, -0.1) is 22.7 Å². The van der Waals surface area contributed by atoms with Crippen molar-refractivity contribution < 1.29 is 8.83 Å². The highest BCUT2D eigenvalue weighted by atomic mass is 32.1. The summed E-state index contributed by atoms with van der Waals surface area (Å²) >= 11 is 3.71. The lowest BCUT2D eigenvalue weighted by Crippen LogP contribution is -1.94. The second-order valence-corrected chi connectivity index (χ2v) is 24.1. The minimum atomic E-state index is 0.882. The van der Waals surface area contributed by atoms with Crippen LogP contribution in [0.5, 0.6) is 0 Å². The zero-order chi connectivity index (χ0) is 54.3. The Bertz CT molecular complexity index is 5690. The van der Waals surface area contributed by atoms with Crippen LogP contribution < -0.4 is 0 Å². The zero-order valence-corrected chi connectivity index (χ0v) is 46.2. The van der Waals surface area contributed by atoms with Gasteiger partial charge in [0.15, 0.2) is 0 Å². The second-order valence-electron chi connectivity index (χ2n) is 21.9. The average Bonchev–Trinajstić information content (AvgIpc) is 3.86. The number of thiophene rings is 2. The van der Waals surface area contributed by atoms with Gasteiger partial charge in [0, 0.05) is 78.3 Å². The van der Waals surface area contributed by atoms with E-state index in [9.17, 15) is 0 Å². The fourth-order valence-electron chi connectivity index (χ4n) is 13.2. The van der Waals surface area contributed by atoms with Gasteiger partial charge >= 0.3 is 0 Å². The molecule has 0 saturated carbocycles. The first-order valence-corrected chi connectivity index (χ1v) is 29.8. The van der Waals surface area contributed by atoms with Crippen LogP contribution in [0.3, 0.4) is 0 Å². The molecule has 0 aliphatic rings. The largest absolute Gasteiger partial charge is 0.456 e. The van der Waals surface area contributed by atoms with Crippen molar-refractivity contribution >= 4 is 129 Å². The Kier molecular flexibility index (Phi) is 10.1. The number of rotatable bonds is 7. The van der Waals surface area contributed by atoms with Crippen LogP contribution in [0.25, 0.3) is 178 Å². The van der Waals surface area contributed by atoms with E-state index in [1.165, 1.54) is 112 Å². The lowest BCUT2D eigenvalue weighted by atomic mass is 9.96. The predicted molar refractivity (Wildman–Crippen MR) is 354 cm³/mol. The van der Waals surface area contributed by atoms with Crippen molar-refractivity contribution in [2.75, 3.05) is 0 Å². The van der Waals surface area contributed by atoms with Crippen molar-refractivity contribution in [1.82, 2.24) is 4.57 Å². The Morgan fingerprint density at radius 1 is 0.229 bits per heavy atom. The predicted octanol–water partition coefficient (Wildman–Crippen LogP) is 23.3. The summed E-state index contributed by atoms with van der Waals surface area (Å²) in [5.74, 6) is 0. The molecule has 5 heterocycles. The number of aromatic nitrogens is 1. The third kappa shape index (κ3) is 7.42. The van der Waals surface area contributed by atoms with Crippen LogP contribution in [0, 0.1) is 0 Å². The van der Waals surface area contributed by atoms with E-state index in [1.54, 1.807) is 0 Å². The van der Waals surface area contributed by atoms with E-state index in [4.69, 9.17) is 8.83 Å². The van der Waals surface area contributed by atoms with Gasteiger partial charge in [-0.05, 0) is 182 Å². The molecule has 0 N–H and O–H groups in total. The number of para-hydroxylation sites is 1. The maximum Gasteiger partial charge on any atom is 0.136 e. The summed E-state index contributed by atoms with van der Waals surface area (Å²) in [6, 6.07) is 100. The molecule has 0 unspecified atom stereocenters. The van der Waals surface area contributed by atoms with Crippen LogP contribution in [-0.4, -0.2) is 4.57 Å². The third-order valence-corrected chi connectivity index (χ3v) is 19.5. The molecule has 5 aromatic heterocycles. The van der Waals surface area contributed by atoms with Gasteiger partial charge in [-0.3, -0.25) is 0 Å². The summed E-state index contributed by atoms with van der Waals surface area (Å²) in [5, 5.41) is 12.1. The molecular formula is C78H45NO2S2. The highest BCUT2D eigenvalue weighted by Gasteiger charge is 2.19. The van der Waals surface area contributed by atoms with Crippen molar-refractivity contribution in [1.29, 1.82) is 0 Å². The molecular weight excluding hydrogens is 1050 g/mol. The van der Waals surface area contributed by atoms with Gasteiger partial charge in [0.1, 0.15) is 22.3 Å². The first-order chi connectivity index (χ1) is 41.1. The monoisotopic (exact) mass is 1090 g/mol. The highest BCUT2D eigenvalue weighted by Crippen LogP contribution is 2.45. The van der Waals surface area contributed by atoms with Gasteiger partial charge in [-0.2, -0.15) is 0 Å². The molecule has 83 heavy (non-hydrogen) atoms. The summed E-state index contributed by atoms with van der Waals surface area (Å²) in [7, 11) is 0. The van der Waals surface area contributed by atoms with E-state index in [1.807, 2.05) is 28.7 Å². The Morgan fingerprint density at radius 2 is 0.627 bits per heavy atom. The maximum absolute atomic E-state index is 6.51. The second kappa shape index (κ2) is 18.1. The smallest absolute Gasteiger partial charge is 0.136 e. The summed E-state index contributed by atoms with van der Waals surface area (Å²) in [5.41, 5.74) is 21.3. The number of nitrogens with zero attached hydrogens (tertiary/aromatic N) is 1.